The number of nitrogens with zero attached hydrogens (tertiary/aromatic N) is 4. The summed E-state index contributed by atoms with van der Waals surface area (Å²) < 4.78 is 16.8. The summed E-state index contributed by atoms with van der Waals surface area (Å²) in [6.45, 7) is 2.19. The number of imidazole rings is 2. The standard InChI is InChI=1S/C50H44N6O4/c57-49-39-21-13-25-43-45(39)53-47-37-19-5-7-23-41(37)51-50(58)40-22-14-26-44-46(40)54-48(38-20-6-8-24-42(38)52-49)56(44)32-34-16-12-18-36(30-34)60-28-10-4-2-1-3-9-27-59-35-17-11-15-33(29-35)31-55(43)47/h5-8,11-26,29-30H,1-4,9-10,27-28,31-32H2,(H,51,58)(H,52,57). The Bertz CT molecular complexity index is 3080. The Balaban J connectivity index is 1.31. The van der Waals surface area contributed by atoms with Crippen LogP contribution in [0.25, 0.3) is 65.9 Å². The van der Waals surface area contributed by atoms with Crippen LogP contribution in [-0.4, -0.2) is 42.3 Å². The Morgan fingerprint density at radius 2 is 0.867 bits per heavy atom. The molecule has 0 radical (unpaired) electrons. The van der Waals surface area contributed by atoms with Crippen LogP contribution in [-0.2, 0) is 13.1 Å². The summed E-state index contributed by atoms with van der Waals surface area (Å²) in [5.74, 6) is 1.62. The van der Waals surface area contributed by atoms with Crippen molar-refractivity contribution >= 4 is 65.9 Å². The molecular weight excluding hydrogens is 749 g/mol. The van der Waals surface area contributed by atoms with Crippen LogP contribution in [0.15, 0.2) is 143 Å². The molecular formula is C50H44N6O4. The van der Waals surface area contributed by atoms with Gasteiger partial charge in [0.15, 0.2) is 0 Å². The minimum absolute atomic E-state index is 0.297. The molecule has 10 heteroatoms. The van der Waals surface area contributed by atoms with Crippen molar-refractivity contribution in [1.82, 2.24) is 29.1 Å². The molecule has 0 amide bonds. The second-order valence-corrected chi connectivity index (χ2v) is 15.5. The Hall–Kier alpha value is -7.20. The number of hydrogen-bond donors (Lipinski definition) is 2. The Morgan fingerprint density at radius 3 is 1.35 bits per heavy atom. The highest BCUT2D eigenvalue weighted by Crippen LogP contribution is 2.29. The molecule has 2 aliphatic heterocycles. The maximum absolute atomic E-state index is 14.6. The highest BCUT2D eigenvalue weighted by Gasteiger charge is 2.16. The van der Waals surface area contributed by atoms with E-state index in [0.717, 1.165) is 72.2 Å². The van der Waals surface area contributed by atoms with E-state index in [2.05, 4.69) is 43.4 Å². The van der Waals surface area contributed by atoms with Gasteiger partial charge in [-0.25, -0.2) is 9.97 Å². The molecule has 9 aromatic rings. The van der Waals surface area contributed by atoms with Gasteiger partial charge >= 0.3 is 0 Å². The van der Waals surface area contributed by atoms with E-state index in [-0.39, 0.29) is 11.1 Å². The molecule has 14 bridgehead atoms. The maximum atomic E-state index is 14.6. The molecule has 2 aliphatic rings. The van der Waals surface area contributed by atoms with E-state index in [1.54, 1.807) is 0 Å². The molecule has 10 nitrogen and oxygen atoms in total. The summed E-state index contributed by atoms with van der Waals surface area (Å²) in [7, 11) is 0. The van der Waals surface area contributed by atoms with Crippen molar-refractivity contribution in [2.24, 2.45) is 0 Å². The van der Waals surface area contributed by atoms with Crippen molar-refractivity contribution in [3.8, 4) is 11.5 Å². The number of aromatic amines is 2. The molecule has 60 heavy (non-hydrogen) atoms. The number of aromatic nitrogens is 6. The van der Waals surface area contributed by atoms with Crippen molar-refractivity contribution in [1.29, 1.82) is 0 Å². The topological polar surface area (TPSA) is 120 Å². The van der Waals surface area contributed by atoms with Gasteiger partial charge in [-0.15, -0.1) is 0 Å². The first-order valence-electron chi connectivity index (χ1n) is 20.8. The third-order valence-corrected chi connectivity index (χ3v) is 11.4. The highest BCUT2D eigenvalue weighted by molar-refractivity contribution is 6.03. The van der Waals surface area contributed by atoms with Crippen molar-refractivity contribution in [2.75, 3.05) is 13.2 Å². The van der Waals surface area contributed by atoms with Crippen LogP contribution < -0.4 is 20.6 Å². The molecule has 0 saturated carbocycles. The monoisotopic (exact) mass is 792 g/mol. The molecule has 0 fully saturated rings. The van der Waals surface area contributed by atoms with Crippen LogP contribution in [0.4, 0.5) is 0 Å². The van der Waals surface area contributed by atoms with Crippen molar-refractivity contribution in [3.63, 3.8) is 0 Å². The van der Waals surface area contributed by atoms with Gasteiger partial charge < -0.3 is 28.6 Å². The average Bonchev–Trinajstić information content (AvgIpc) is 3.82. The Morgan fingerprint density at radius 1 is 0.450 bits per heavy atom. The lowest BCUT2D eigenvalue weighted by atomic mass is 10.1. The third kappa shape index (κ3) is 7.25. The largest absolute Gasteiger partial charge is 0.494 e. The number of rotatable bonds is 0. The van der Waals surface area contributed by atoms with Gasteiger partial charge in [-0.1, -0.05) is 86.3 Å². The molecule has 6 aromatic carbocycles. The summed E-state index contributed by atoms with van der Waals surface area (Å²) in [5, 5.41) is 2.28. The fourth-order valence-corrected chi connectivity index (χ4v) is 8.47. The summed E-state index contributed by atoms with van der Waals surface area (Å²) in [6.07, 6.45) is 6.49. The summed E-state index contributed by atoms with van der Waals surface area (Å²) in [4.78, 5) is 46.1. The summed E-state index contributed by atoms with van der Waals surface area (Å²) in [5.41, 5.74) is 6.50. The zero-order valence-corrected chi connectivity index (χ0v) is 33.2. The first-order chi connectivity index (χ1) is 29.6. The molecule has 5 heterocycles. The SMILES string of the molecule is O=c1[nH]c2ccccc2c2nc3c4cccc3n2Cc2cccc(c2)OCCCCCCCCOc2cccc(c2)Cn2c3cccc1c3nc2c1ccccc1[nH]c4=O. The molecule has 0 aliphatic carbocycles. The molecule has 11 rings (SSSR count). The number of ether oxygens (including phenoxy) is 2. The van der Waals surface area contributed by atoms with E-state index in [1.165, 1.54) is 0 Å². The number of benzene rings is 6. The van der Waals surface area contributed by atoms with E-state index < -0.39 is 0 Å². The van der Waals surface area contributed by atoms with Crippen LogP contribution in [0.3, 0.4) is 0 Å². The van der Waals surface area contributed by atoms with E-state index in [1.807, 2.05) is 109 Å². The lowest BCUT2D eigenvalue weighted by Gasteiger charge is -2.11. The molecule has 3 aromatic heterocycles. The minimum Gasteiger partial charge on any atom is -0.494 e. The highest BCUT2D eigenvalue weighted by atomic mass is 16.5. The lowest BCUT2D eigenvalue weighted by Crippen LogP contribution is -2.05. The fraction of sp³-hybridized carbons (Fsp3) is 0.200. The predicted octanol–water partition coefficient (Wildman–Crippen LogP) is 10.3. The van der Waals surface area contributed by atoms with Crippen LogP contribution in [0, 0.1) is 0 Å². The van der Waals surface area contributed by atoms with Gasteiger partial charge in [-0.3, -0.25) is 9.59 Å². The second kappa shape index (κ2) is 16.2. The zero-order chi connectivity index (χ0) is 40.4. The Kier molecular flexibility index (Phi) is 10.0. The first kappa shape index (κ1) is 37.1. The van der Waals surface area contributed by atoms with Crippen molar-refractivity contribution in [2.45, 2.75) is 51.6 Å². The number of fused-ring (bicyclic) bond motifs is 11. The molecule has 0 saturated heterocycles. The van der Waals surface area contributed by atoms with Gasteiger partial charge in [0.05, 0.1) is 46.1 Å². The Labute approximate surface area is 345 Å². The van der Waals surface area contributed by atoms with Crippen molar-refractivity contribution in [3.05, 3.63) is 165 Å². The van der Waals surface area contributed by atoms with Gasteiger partial charge in [-0.05, 0) is 96.8 Å². The van der Waals surface area contributed by atoms with E-state index in [0.29, 0.717) is 81.2 Å². The predicted molar refractivity (Wildman–Crippen MR) is 241 cm³/mol. The van der Waals surface area contributed by atoms with E-state index in [4.69, 9.17) is 19.4 Å². The van der Waals surface area contributed by atoms with Crippen LogP contribution in [0.5, 0.6) is 11.5 Å². The van der Waals surface area contributed by atoms with E-state index >= 15 is 0 Å². The second-order valence-electron chi connectivity index (χ2n) is 15.5. The summed E-state index contributed by atoms with van der Waals surface area (Å²) in [6, 6.07) is 43.0. The number of para-hydroxylation sites is 4. The molecule has 0 atom stereocenters. The average molecular weight is 793 g/mol. The number of hydrogen-bond acceptors (Lipinski definition) is 6. The van der Waals surface area contributed by atoms with E-state index in [9.17, 15) is 9.59 Å². The number of H-pyrrole nitrogens is 2. The zero-order valence-electron chi connectivity index (χ0n) is 33.2. The molecule has 2 N–H and O–H groups in total. The first-order valence-corrected chi connectivity index (χ1v) is 20.8. The number of nitrogens with one attached hydrogen (secondary N) is 2. The molecule has 298 valence electrons. The van der Waals surface area contributed by atoms with Crippen LogP contribution in [0.1, 0.15) is 49.7 Å². The van der Waals surface area contributed by atoms with Crippen LogP contribution in [0.2, 0.25) is 0 Å². The quantitative estimate of drug-likeness (QED) is 0.158. The maximum Gasteiger partial charge on any atom is 0.257 e. The van der Waals surface area contributed by atoms with Gasteiger partial charge in [0.2, 0.25) is 0 Å². The smallest absolute Gasteiger partial charge is 0.257 e. The van der Waals surface area contributed by atoms with Crippen LogP contribution >= 0.6 is 0 Å². The van der Waals surface area contributed by atoms with Gasteiger partial charge in [0, 0.05) is 23.9 Å². The minimum atomic E-state index is -0.297. The lowest BCUT2D eigenvalue weighted by molar-refractivity contribution is 0.296. The normalized spacial score (nSPS) is 14.1. The van der Waals surface area contributed by atoms with Gasteiger partial charge in [0.25, 0.3) is 11.1 Å². The summed E-state index contributed by atoms with van der Waals surface area (Å²) >= 11 is 0. The molecule has 0 unspecified atom stereocenters. The molecule has 0 spiro atoms. The van der Waals surface area contributed by atoms with Gasteiger partial charge in [0.1, 0.15) is 33.8 Å². The van der Waals surface area contributed by atoms with Crippen molar-refractivity contribution < 1.29 is 9.47 Å². The third-order valence-electron chi connectivity index (χ3n) is 11.4. The fourth-order valence-electron chi connectivity index (χ4n) is 8.47. The van der Waals surface area contributed by atoms with Gasteiger partial charge in [-0.2, -0.15) is 0 Å².